The number of rotatable bonds is 3. The third-order valence-corrected chi connectivity index (χ3v) is 5.08. The average molecular weight is 245 g/mol. The summed E-state index contributed by atoms with van der Waals surface area (Å²) in [5.41, 5.74) is 0. The van der Waals surface area contributed by atoms with Crippen LogP contribution in [0.25, 0.3) is 0 Å². The SMILES string of the molecule is O=S(=O)(NC1CCCCC1)c1ccsc1. The molecule has 1 saturated carbocycles. The van der Waals surface area contributed by atoms with E-state index in [9.17, 15) is 8.42 Å². The van der Waals surface area contributed by atoms with E-state index in [4.69, 9.17) is 0 Å². The summed E-state index contributed by atoms with van der Waals surface area (Å²) >= 11 is 1.41. The van der Waals surface area contributed by atoms with Crippen molar-refractivity contribution in [2.45, 2.75) is 43.0 Å². The number of thiophene rings is 1. The number of sulfonamides is 1. The molecule has 0 amide bonds. The predicted octanol–water partition coefficient (Wildman–Crippen LogP) is 2.36. The molecule has 1 aliphatic rings. The van der Waals surface area contributed by atoms with E-state index >= 15 is 0 Å². The molecule has 1 N–H and O–H groups in total. The van der Waals surface area contributed by atoms with Gasteiger partial charge in [0.1, 0.15) is 0 Å². The minimum atomic E-state index is -3.26. The van der Waals surface area contributed by atoms with Crippen LogP contribution >= 0.6 is 11.3 Å². The van der Waals surface area contributed by atoms with Crippen molar-refractivity contribution in [1.82, 2.24) is 4.72 Å². The van der Waals surface area contributed by atoms with E-state index in [1.54, 1.807) is 16.8 Å². The van der Waals surface area contributed by atoms with Gasteiger partial charge in [0.25, 0.3) is 0 Å². The van der Waals surface area contributed by atoms with Crippen molar-refractivity contribution in [2.75, 3.05) is 0 Å². The minimum Gasteiger partial charge on any atom is -0.208 e. The third-order valence-electron chi connectivity index (χ3n) is 2.73. The molecule has 1 aromatic heterocycles. The van der Waals surface area contributed by atoms with E-state index in [1.807, 2.05) is 0 Å². The van der Waals surface area contributed by atoms with Gasteiger partial charge in [-0.05, 0) is 24.3 Å². The summed E-state index contributed by atoms with van der Waals surface area (Å²) in [6.45, 7) is 0. The van der Waals surface area contributed by atoms with Crippen LogP contribution in [-0.2, 0) is 10.0 Å². The highest BCUT2D eigenvalue weighted by Gasteiger charge is 2.21. The van der Waals surface area contributed by atoms with Crippen LogP contribution in [0.4, 0.5) is 0 Å². The second-order valence-corrected chi connectivity index (χ2v) is 6.41. The first-order valence-corrected chi connectivity index (χ1v) is 7.65. The van der Waals surface area contributed by atoms with Crippen molar-refractivity contribution in [3.05, 3.63) is 16.8 Å². The second-order valence-electron chi connectivity index (χ2n) is 3.92. The molecular formula is C10H15NO2S2. The molecule has 1 aromatic rings. The minimum absolute atomic E-state index is 0.142. The molecule has 0 atom stereocenters. The lowest BCUT2D eigenvalue weighted by atomic mass is 9.96. The Morgan fingerprint density at radius 2 is 2.00 bits per heavy atom. The molecule has 0 radical (unpaired) electrons. The van der Waals surface area contributed by atoms with Gasteiger partial charge in [0.05, 0.1) is 4.90 Å². The van der Waals surface area contributed by atoms with E-state index in [-0.39, 0.29) is 6.04 Å². The van der Waals surface area contributed by atoms with Crippen LogP contribution in [0, 0.1) is 0 Å². The molecule has 0 bridgehead atoms. The van der Waals surface area contributed by atoms with Crippen LogP contribution in [0.2, 0.25) is 0 Å². The monoisotopic (exact) mass is 245 g/mol. The normalized spacial score (nSPS) is 19.2. The van der Waals surface area contributed by atoms with Gasteiger partial charge in [0.15, 0.2) is 0 Å². The maximum atomic E-state index is 11.9. The zero-order chi connectivity index (χ0) is 10.7. The van der Waals surface area contributed by atoms with Gasteiger partial charge in [-0.1, -0.05) is 19.3 Å². The van der Waals surface area contributed by atoms with Gasteiger partial charge < -0.3 is 0 Å². The summed E-state index contributed by atoms with van der Waals surface area (Å²) in [7, 11) is -3.26. The quantitative estimate of drug-likeness (QED) is 0.888. The maximum Gasteiger partial charge on any atom is 0.241 e. The predicted molar refractivity (Wildman–Crippen MR) is 61.5 cm³/mol. The van der Waals surface area contributed by atoms with E-state index in [1.165, 1.54) is 17.8 Å². The molecule has 0 unspecified atom stereocenters. The van der Waals surface area contributed by atoms with Gasteiger partial charge in [-0.15, -0.1) is 0 Å². The van der Waals surface area contributed by atoms with E-state index < -0.39 is 10.0 Å². The van der Waals surface area contributed by atoms with Crippen molar-refractivity contribution in [3.63, 3.8) is 0 Å². The average Bonchev–Trinajstić information content (AvgIpc) is 2.71. The smallest absolute Gasteiger partial charge is 0.208 e. The standard InChI is InChI=1S/C10H15NO2S2/c12-15(13,10-6-7-14-8-10)11-9-4-2-1-3-5-9/h6-9,11H,1-5H2. The van der Waals surface area contributed by atoms with Crippen molar-refractivity contribution in [1.29, 1.82) is 0 Å². The highest BCUT2D eigenvalue weighted by Crippen LogP contribution is 2.20. The molecule has 0 aliphatic heterocycles. The van der Waals surface area contributed by atoms with Crippen LogP contribution in [0.5, 0.6) is 0 Å². The molecule has 84 valence electrons. The Kier molecular flexibility index (Phi) is 3.43. The fourth-order valence-corrected chi connectivity index (χ4v) is 4.25. The largest absolute Gasteiger partial charge is 0.241 e. The molecule has 1 aliphatic carbocycles. The zero-order valence-electron chi connectivity index (χ0n) is 8.48. The molecule has 0 aromatic carbocycles. The summed E-state index contributed by atoms with van der Waals surface area (Å²) in [6, 6.07) is 1.79. The number of hydrogen-bond donors (Lipinski definition) is 1. The molecule has 3 nitrogen and oxygen atoms in total. The van der Waals surface area contributed by atoms with E-state index in [0.717, 1.165) is 25.7 Å². The van der Waals surface area contributed by atoms with Crippen LogP contribution in [0.1, 0.15) is 32.1 Å². The van der Waals surface area contributed by atoms with Gasteiger partial charge in [0, 0.05) is 11.4 Å². The molecular weight excluding hydrogens is 230 g/mol. The summed E-state index contributed by atoms with van der Waals surface area (Å²) < 4.78 is 26.5. The first-order valence-electron chi connectivity index (χ1n) is 5.23. The Morgan fingerprint density at radius 1 is 1.27 bits per heavy atom. The van der Waals surface area contributed by atoms with Crippen LogP contribution < -0.4 is 4.72 Å². The Hall–Kier alpha value is -0.390. The summed E-state index contributed by atoms with van der Waals surface area (Å²) in [6.07, 6.45) is 5.46. The summed E-state index contributed by atoms with van der Waals surface area (Å²) in [4.78, 5) is 0.401. The zero-order valence-corrected chi connectivity index (χ0v) is 10.1. The molecule has 1 heterocycles. The molecule has 0 spiro atoms. The van der Waals surface area contributed by atoms with Gasteiger partial charge in [-0.25, -0.2) is 13.1 Å². The van der Waals surface area contributed by atoms with Crippen molar-refractivity contribution < 1.29 is 8.42 Å². The van der Waals surface area contributed by atoms with Gasteiger partial charge >= 0.3 is 0 Å². The lowest BCUT2D eigenvalue weighted by molar-refractivity contribution is 0.412. The fourth-order valence-electron chi connectivity index (χ4n) is 1.91. The van der Waals surface area contributed by atoms with Crippen LogP contribution in [0.3, 0.4) is 0 Å². The summed E-state index contributed by atoms with van der Waals surface area (Å²) in [5.74, 6) is 0. The topological polar surface area (TPSA) is 46.2 Å². The first-order chi connectivity index (χ1) is 7.18. The number of nitrogens with one attached hydrogen (secondary N) is 1. The maximum absolute atomic E-state index is 11.9. The highest BCUT2D eigenvalue weighted by molar-refractivity contribution is 7.89. The Balaban J connectivity index is 2.04. The lowest BCUT2D eigenvalue weighted by Crippen LogP contribution is -2.35. The van der Waals surface area contributed by atoms with E-state index in [0.29, 0.717) is 4.90 Å². The summed E-state index contributed by atoms with van der Waals surface area (Å²) in [5, 5.41) is 3.46. The Bertz CT molecular complexity index is 391. The van der Waals surface area contributed by atoms with E-state index in [2.05, 4.69) is 4.72 Å². The van der Waals surface area contributed by atoms with Crippen molar-refractivity contribution in [3.8, 4) is 0 Å². The molecule has 5 heteroatoms. The van der Waals surface area contributed by atoms with Gasteiger partial charge in [-0.2, -0.15) is 11.3 Å². The number of hydrogen-bond acceptors (Lipinski definition) is 3. The van der Waals surface area contributed by atoms with Crippen molar-refractivity contribution in [2.24, 2.45) is 0 Å². The van der Waals surface area contributed by atoms with Crippen LogP contribution in [0.15, 0.2) is 21.7 Å². The Labute approximate surface area is 94.6 Å². The molecule has 2 rings (SSSR count). The van der Waals surface area contributed by atoms with Crippen LogP contribution in [-0.4, -0.2) is 14.5 Å². The molecule has 1 fully saturated rings. The second kappa shape index (κ2) is 4.63. The molecule has 0 saturated heterocycles. The lowest BCUT2D eigenvalue weighted by Gasteiger charge is -2.22. The highest BCUT2D eigenvalue weighted by atomic mass is 32.2. The fraction of sp³-hybridized carbons (Fsp3) is 0.600. The van der Waals surface area contributed by atoms with Crippen molar-refractivity contribution >= 4 is 21.4 Å². The first kappa shape index (κ1) is 11.1. The van der Waals surface area contributed by atoms with Gasteiger partial charge in [0.2, 0.25) is 10.0 Å². The third kappa shape index (κ3) is 2.80. The van der Waals surface area contributed by atoms with Gasteiger partial charge in [-0.3, -0.25) is 0 Å². The molecule has 15 heavy (non-hydrogen) atoms. The Morgan fingerprint density at radius 3 is 2.60 bits per heavy atom.